The average molecular weight is 218 g/mol. The van der Waals surface area contributed by atoms with Gasteiger partial charge in [0.2, 0.25) is 0 Å². The van der Waals surface area contributed by atoms with Crippen molar-refractivity contribution in [2.24, 2.45) is 5.73 Å². The Hall–Kier alpha value is -1.46. The molecule has 0 radical (unpaired) electrons. The molecule has 0 amide bonds. The number of aryl methyl sites for hydroxylation is 1. The second-order valence-electron chi connectivity index (χ2n) is 4.37. The third-order valence-electron chi connectivity index (χ3n) is 3.18. The van der Waals surface area contributed by atoms with Crippen molar-refractivity contribution in [3.63, 3.8) is 0 Å². The molecule has 1 saturated heterocycles. The van der Waals surface area contributed by atoms with Gasteiger partial charge in [0.1, 0.15) is 0 Å². The van der Waals surface area contributed by atoms with Gasteiger partial charge in [-0.05, 0) is 18.6 Å². The number of pyridine rings is 1. The summed E-state index contributed by atoms with van der Waals surface area (Å²) in [5.74, 6) is 0.801. The molecule has 0 unspecified atom stereocenters. The van der Waals surface area contributed by atoms with Crippen LogP contribution in [-0.4, -0.2) is 34.4 Å². The lowest BCUT2D eigenvalue weighted by molar-refractivity contribution is -0.0592. The van der Waals surface area contributed by atoms with Crippen LogP contribution in [-0.2, 0) is 10.2 Å². The lowest BCUT2D eigenvalue weighted by Crippen LogP contribution is -2.53. The quantitative estimate of drug-likeness (QED) is 0.785. The number of nitrogens with zero attached hydrogens (tertiary/aromatic N) is 3. The molecule has 2 aromatic heterocycles. The van der Waals surface area contributed by atoms with Gasteiger partial charge >= 0.3 is 0 Å². The van der Waals surface area contributed by atoms with Crippen molar-refractivity contribution in [3.05, 3.63) is 29.7 Å². The van der Waals surface area contributed by atoms with E-state index >= 15 is 0 Å². The summed E-state index contributed by atoms with van der Waals surface area (Å²) in [6.45, 7) is 3.81. The zero-order valence-corrected chi connectivity index (χ0v) is 9.18. The van der Waals surface area contributed by atoms with E-state index in [1.165, 1.54) is 0 Å². The van der Waals surface area contributed by atoms with Gasteiger partial charge in [0, 0.05) is 12.7 Å². The Balaban J connectivity index is 2.15. The maximum atomic E-state index is 5.79. The van der Waals surface area contributed by atoms with E-state index in [0.717, 1.165) is 17.0 Å². The first kappa shape index (κ1) is 9.74. The summed E-state index contributed by atoms with van der Waals surface area (Å²) in [5.41, 5.74) is 7.64. The molecule has 0 aliphatic carbocycles. The van der Waals surface area contributed by atoms with E-state index in [2.05, 4.69) is 10.1 Å². The number of hydrogen-bond donors (Lipinski definition) is 1. The smallest absolute Gasteiger partial charge is 0.163 e. The summed E-state index contributed by atoms with van der Waals surface area (Å²) in [4.78, 5) is 4.57. The molecule has 0 spiro atoms. The first-order valence-electron chi connectivity index (χ1n) is 5.35. The fourth-order valence-corrected chi connectivity index (χ4v) is 1.95. The van der Waals surface area contributed by atoms with Crippen LogP contribution < -0.4 is 5.73 Å². The van der Waals surface area contributed by atoms with Gasteiger partial charge in [-0.2, -0.15) is 5.10 Å². The summed E-state index contributed by atoms with van der Waals surface area (Å²) >= 11 is 0. The number of rotatable bonds is 2. The maximum Gasteiger partial charge on any atom is 0.163 e. The summed E-state index contributed by atoms with van der Waals surface area (Å²) in [5, 5.41) is 4.48. The fourth-order valence-electron chi connectivity index (χ4n) is 1.95. The second-order valence-corrected chi connectivity index (χ2v) is 4.37. The van der Waals surface area contributed by atoms with E-state index in [1.54, 1.807) is 4.52 Å². The minimum atomic E-state index is -0.168. The molecular formula is C11H14N4O. The molecule has 5 nitrogen and oxygen atoms in total. The molecule has 1 aliphatic heterocycles. The average Bonchev–Trinajstić information content (AvgIpc) is 2.62. The van der Waals surface area contributed by atoms with Gasteiger partial charge in [-0.25, -0.2) is 9.50 Å². The molecule has 0 aromatic carbocycles. The molecule has 5 heteroatoms. The molecule has 16 heavy (non-hydrogen) atoms. The van der Waals surface area contributed by atoms with Gasteiger partial charge in [-0.1, -0.05) is 6.07 Å². The molecule has 0 saturated carbocycles. The highest BCUT2D eigenvalue weighted by Gasteiger charge is 2.42. The first-order valence-corrected chi connectivity index (χ1v) is 5.35. The molecule has 3 heterocycles. The molecule has 84 valence electrons. The van der Waals surface area contributed by atoms with Gasteiger partial charge in [0.15, 0.2) is 11.5 Å². The van der Waals surface area contributed by atoms with Crippen molar-refractivity contribution in [2.45, 2.75) is 12.3 Å². The molecule has 2 N–H and O–H groups in total. The third kappa shape index (κ3) is 1.19. The van der Waals surface area contributed by atoms with Gasteiger partial charge in [0.25, 0.3) is 0 Å². The summed E-state index contributed by atoms with van der Waals surface area (Å²) in [7, 11) is 0. The summed E-state index contributed by atoms with van der Waals surface area (Å²) in [6, 6.07) is 3.99. The molecule has 2 aromatic rings. The second kappa shape index (κ2) is 3.26. The predicted octanol–water partition coefficient (Wildman–Crippen LogP) is 0.264. The number of aromatic nitrogens is 3. The number of fused-ring (bicyclic) bond motifs is 1. The van der Waals surface area contributed by atoms with Crippen LogP contribution >= 0.6 is 0 Å². The number of nitrogens with two attached hydrogens (primary N) is 1. The maximum absolute atomic E-state index is 5.79. The van der Waals surface area contributed by atoms with Crippen LogP contribution in [0.25, 0.3) is 5.65 Å². The van der Waals surface area contributed by atoms with Crippen molar-refractivity contribution < 1.29 is 4.74 Å². The largest absolute Gasteiger partial charge is 0.379 e. The minimum Gasteiger partial charge on any atom is -0.379 e. The number of ether oxygens (including phenoxy) is 1. The minimum absolute atomic E-state index is 0.168. The third-order valence-corrected chi connectivity index (χ3v) is 3.18. The van der Waals surface area contributed by atoms with Crippen LogP contribution in [0.5, 0.6) is 0 Å². The summed E-state index contributed by atoms with van der Waals surface area (Å²) < 4.78 is 7.05. The fraction of sp³-hybridized carbons (Fsp3) is 0.455. The van der Waals surface area contributed by atoms with Crippen molar-refractivity contribution >= 4 is 5.65 Å². The normalized spacial score (nSPS) is 18.6. The van der Waals surface area contributed by atoms with E-state index < -0.39 is 0 Å². The number of hydrogen-bond acceptors (Lipinski definition) is 4. The van der Waals surface area contributed by atoms with Gasteiger partial charge in [0.05, 0.1) is 18.6 Å². The molecule has 1 fully saturated rings. The highest BCUT2D eigenvalue weighted by molar-refractivity contribution is 5.46. The van der Waals surface area contributed by atoms with Crippen LogP contribution in [0.1, 0.15) is 11.4 Å². The highest BCUT2D eigenvalue weighted by Crippen LogP contribution is 2.29. The zero-order valence-electron chi connectivity index (χ0n) is 9.18. The van der Waals surface area contributed by atoms with Crippen LogP contribution in [0.4, 0.5) is 0 Å². The lowest BCUT2D eigenvalue weighted by atomic mass is 9.85. The Labute approximate surface area is 93.2 Å². The Morgan fingerprint density at radius 2 is 2.38 bits per heavy atom. The Morgan fingerprint density at radius 3 is 2.94 bits per heavy atom. The van der Waals surface area contributed by atoms with E-state index in [9.17, 15) is 0 Å². The van der Waals surface area contributed by atoms with Crippen LogP contribution in [0, 0.1) is 6.92 Å². The van der Waals surface area contributed by atoms with Gasteiger partial charge < -0.3 is 10.5 Å². The standard InChI is InChI=1S/C11H14N4O/c1-8-3-2-4-15-9(8)13-10(14-15)11(5-12)6-16-7-11/h2-4H,5-7,12H2,1H3. The Morgan fingerprint density at radius 1 is 1.56 bits per heavy atom. The molecule has 3 rings (SSSR count). The SMILES string of the molecule is Cc1cccn2nc(C3(CN)COC3)nc12. The predicted molar refractivity (Wildman–Crippen MR) is 59.3 cm³/mol. The van der Waals surface area contributed by atoms with Gasteiger partial charge in [-0.3, -0.25) is 0 Å². The zero-order chi connectivity index (χ0) is 11.2. The van der Waals surface area contributed by atoms with E-state index in [4.69, 9.17) is 10.5 Å². The van der Waals surface area contributed by atoms with E-state index in [1.807, 2.05) is 25.3 Å². The van der Waals surface area contributed by atoms with E-state index in [0.29, 0.717) is 19.8 Å². The molecule has 0 atom stereocenters. The lowest BCUT2D eigenvalue weighted by Gasteiger charge is -2.37. The Bertz CT molecular complexity index is 524. The summed E-state index contributed by atoms with van der Waals surface area (Å²) in [6.07, 6.45) is 1.91. The molecule has 1 aliphatic rings. The van der Waals surface area contributed by atoms with Crippen molar-refractivity contribution in [1.82, 2.24) is 14.6 Å². The topological polar surface area (TPSA) is 65.4 Å². The molecule has 0 bridgehead atoms. The van der Waals surface area contributed by atoms with Crippen LogP contribution in [0.2, 0.25) is 0 Å². The van der Waals surface area contributed by atoms with Crippen molar-refractivity contribution in [1.29, 1.82) is 0 Å². The van der Waals surface area contributed by atoms with Crippen molar-refractivity contribution in [3.8, 4) is 0 Å². The van der Waals surface area contributed by atoms with Crippen LogP contribution in [0.15, 0.2) is 18.3 Å². The molecular weight excluding hydrogens is 204 g/mol. The highest BCUT2D eigenvalue weighted by atomic mass is 16.5. The van der Waals surface area contributed by atoms with Crippen LogP contribution in [0.3, 0.4) is 0 Å². The van der Waals surface area contributed by atoms with Crippen molar-refractivity contribution in [2.75, 3.05) is 19.8 Å². The monoisotopic (exact) mass is 218 g/mol. The van der Waals surface area contributed by atoms with Gasteiger partial charge in [-0.15, -0.1) is 0 Å². The van der Waals surface area contributed by atoms with E-state index in [-0.39, 0.29) is 5.41 Å². The first-order chi connectivity index (χ1) is 7.75. The Kier molecular flexibility index (Phi) is 1.99.